The molecule has 0 aliphatic rings. The summed E-state index contributed by atoms with van der Waals surface area (Å²) in [6, 6.07) is 11.8. The molecule has 0 fully saturated rings. The number of thiophene rings is 1. The van der Waals surface area contributed by atoms with E-state index in [1.54, 1.807) is 18.2 Å². The van der Waals surface area contributed by atoms with Gasteiger partial charge in [0.05, 0.1) is 22.7 Å². The molecule has 3 aromatic rings. The summed E-state index contributed by atoms with van der Waals surface area (Å²) in [5.41, 5.74) is 1.16. The van der Waals surface area contributed by atoms with Gasteiger partial charge in [0, 0.05) is 5.02 Å². The number of phenolic OH excluding ortho intramolecular Hbond substituents is 1. The van der Waals surface area contributed by atoms with E-state index in [-0.39, 0.29) is 28.7 Å². The third-order valence-corrected chi connectivity index (χ3v) is 5.92. The lowest BCUT2D eigenvalue weighted by Gasteiger charge is -2.12. The molecule has 1 heterocycles. The predicted octanol–water partition coefficient (Wildman–Crippen LogP) is 4.09. The molecule has 0 saturated heterocycles. The number of hydrogen-bond acceptors (Lipinski definition) is 5. The van der Waals surface area contributed by atoms with Crippen molar-refractivity contribution in [2.45, 2.75) is 11.3 Å². The van der Waals surface area contributed by atoms with Crippen LogP contribution in [0.1, 0.15) is 5.56 Å². The Labute approximate surface area is 165 Å². The molecule has 1 aromatic heterocycles. The van der Waals surface area contributed by atoms with Gasteiger partial charge in [0.25, 0.3) is 10.0 Å². The van der Waals surface area contributed by atoms with Gasteiger partial charge in [0.2, 0.25) is 5.91 Å². The van der Waals surface area contributed by atoms with Gasteiger partial charge >= 0.3 is 0 Å². The van der Waals surface area contributed by atoms with Crippen LogP contribution in [-0.2, 0) is 21.2 Å². The predicted molar refractivity (Wildman–Crippen MR) is 107 cm³/mol. The summed E-state index contributed by atoms with van der Waals surface area (Å²) >= 11 is 7.34. The fourth-order valence-corrected chi connectivity index (χ4v) is 4.26. The zero-order valence-corrected chi connectivity index (χ0v) is 16.2. The highest BCUT2D eigenvalue weighted by Gasteiger charge is 2.17. The summed E-state index contributed by atoms with van der Waals surface area (Å²) in [4.78, 5) is 12.0. The van der Waals surface area contributed by atoms with Crippen molar-refractivity contribution >= 4 is 50.2 Å². The Balaban J connectivity index is 1.80. The van der Waals surface area contributed by atoms with Crippen LogP contribution in [-0.4, -0.2) is 19.4 Å². The SMILES string of the molecule is O=C(Cc1ccsc1)Nc1cc(S(=O)(=O)Nc2cccc(Cl)c2)ccc1O. The van der Waals surface area contributed by atoms with Crippen LogP contribution in [0.4, 0.5) is 11.4 Å². The molecule has 0 unspecified atom stereocenters. The number of rotatable bonds is 6. The Kier molecular flexibility index (Phi) is 5.69. The topological polar surface area (TPSA) is 95.5 Å². The van der Waals surface area contributed by atoms with Crippen molar-refractivity contribution in [1.29, 1.82) is 0 Å². The number of nitrogens with one attached hydrogen (secondary N) is 2. The van der Waals surface area contributed by atoms with Gasteiger partial charge in [-0.25, -0.2) is 8.42 Å². The molecule has 3 N–H and O–H groups in total. The van der Waals surface area contributed by atoms with Gasteiger partial charge in [0.15, 0.2) is 0 Å². The molecular formula is C18H15ClN2O4S2. The lowest BCUT2D eigenvalue weighted by molar-refractivity contribution is -0.115. The highest BCUT2D eigenvalue weighted by molar-refractivity contribution is 7.92. The number of benzene rings is 2. The van der Waals surface area contributed by atoms with Crippen molar-refractivity contribution < 1.29 is 18.3 Å². The first-order valence-electron chi connectivity index (χ1n) is 7.76. The number of anilines is 2. The van der Waals surface area contributed by atoms with Crippen molar-refractivity contribution in [1.82, 2.24) is 0 Å². The lowest BCUT2D eigenvalue weighted by atomic mass is 10.2. The third-order valence-electron chi connectivity index (χ3n) is 3.57. The average Bonchev–Trinajstić information content (AvgIpc) is 3.09. The summed E-state index contributed by atoms with van der Waals surface area (Å²) in [7, 11) is -3.92. The molecule has 0 aliphatic carbocycles. The molecule has 3 rings (SSSR count). The maximum atomic E-state index is 12.6. The van der Waals surface area contributed by atoms with Crippen LogP contribution < -0.4 is 10.0 Å². The number of aromatic hydroxyl groups is 1. The van der Waals surface area contributed by atoms with Crippen LogP contribution in [0.2, 0.25) is 5.02 Å². The number of hydrogen-bond donors (Lipinski definition) is 3. The molecule has 6 nitrogen and oxygen atoms in total. The Morgan fingerprint density at radius 1 is 1.15 bits per heavy atom. The van der Waals surface area contributed by atoms with E-state index in [0.29, 0.717) is 10.7 Å². The zero-order valence-electron chi connectivity index (χ0n) is 13.8. The first-order valence-corrected chi connectivity index (χ1v) is 10.6. The molecule has 140 valence electrons. The van der Waals surface area contributed by atoms with Gasteiger partial charge in [0.1, 0.15) is 5.75 Å². The van der Waals surface area contributed by atoms with Gasteiger partial charge in [-0.3, -0.25) is 9.52 Å². The van der Waals surface area contributed by atoms with Crippen LogP contribution in [0.5, 0.6) is 5.75 Å². The minimum Gasteiger partial charge on any atom is -0.506 e. The highest BCUT2D eigenvalue weighted by atomic mass is 35.5. The van der Waals surface area contributed by atoms with Gasteiger partial charge in [-0.1, -0.05) is 17.7 Å². The Morgan fingerprint density at radius 3 is 2.67 bits per heavy atom. The average molecular weight is 423 g/mol. The van der Waals surface area contributed by atoms with Crippen molar-refractivity contribution in [3.8, 4) is 5.75 Å². The molecule has 27 heavy (non-hydrogen) atoms. The van der Waals surface area contributed by atoms with Crippen LogP contribution in [0.25, 0.3) is 0 Å². The minimum atomic E-state index is -3.92. The largest absolute Gasteiger partial charge is 0.506 e. The fourth-order valence-electron chi connectivity index (χ4n) is 2.32. The van der Waals surface area contributed by atoms with E-state index in [9.17, 15) is 18.3 Å². The molecule has 0 spiro atoms. The van der Waals surface area contributed by atoms with Crippen molar-refractivity contribution in [2.24, 2.45) is 0 Å². The van der Waals surface area contributed by atoms with E-state index >= 15 is 0 Å². The van der Waals surface area contributed by atoms with Crippen molar-refractivity contribution in [3.63, 3.8) is 0 Å². The number of amides is 1. The second-order valence-corrected chi connectivity index (χ2v) is 8.55. The Bertz CT molecular complexity index is 1070. The standard InChI is InChI=1S/C18H15ClN2O4S2/c19-13-2-1-3-14(9-13)21-27(24,25)15-4-5-17(22)16(10-15)20-18(23)8-12-6-7-26-11-12/h1-7,9-11,21-22H,8H2,(H,20,23). The molecule has 1 amide bonds. The zero-order chi connectivity index (χ0) is 19.4. The molecule has 0 atom stereocenters. The van der Waals surface area contributed by atoms with Gasteiger partial charge in [-0.15, -0.1) is 0 Å². The number of halogens is 1. The Hall–Kier alpha value is -2.55. The number of phenols is 1. The molecule has 0 saturated carbocycles. The summed E-state index contributed by atoms with van der Waals surface area (Å²) in [6.07, 6.45) is 0.126. The van der Waals surface area contributed by atoms with E-state index in [4.69, 9.17) is 11.6 Å². The molecular weight excluding hydrogens is 408 g/mol. The van der Waals surface area contributed by atoms with Crippen LogP contribution >= 0.6 is 22.9 Å². The first-order chi connectivity index (χ1) is 12.8. The van der Waals surface area contributed by atoms with Crippen molar-refractivity contribution in [2.75, 3.05) is 10.0 Å². The van der Waals surface area contributed by atoms with E-state index in [0.717, 1.165) is 5.56 Å². The lowest BCUT2D eigenvalue weighted by Crippen LogP contribution is -2.16. The molecule has 0 aliphatic heterocycles. The van der Waals surface area contributed by atoms with Gasteiger partial charge in [-0.2, -0.15) is 11.3 Å². The summed E-state index contributed by atoms with van der Waals surface area (Å²) in [5.74, 6) is -0.587. The highest BCUT2D eigenvalue weighted by Crippen LogP contribution is 2.28. The van der Waals surface area contributed by atoms with E-state index < -0.39 is 10.0 Å². The smallest absolute Gasteiger partial charge is 0.261 e. The summed E-state index contributed by atoms with van der Waals surface area (Å²) in [5, 5.41) is 16.6. The van der Waals surface area contributed by atoms with Gasteiger partial charge < -0.3 is 10.4 Å². The fraction of sp³-hybridized carbons (Fsp3) is 0.0556. The second kappa shape index (κ2) is 7.99. The van der Waals surface area contributed by atoms with E-state index in [2.05, 4.69) is 10.0 Å². The Morgan fingerprint density at radius 2 is 1.96 bits per heavy atom. The van der Waals surface area contributed by atoms with Crippen LogP contribution in [0.3, 0.4) is 0 Å². The number of carbonyl (C=O) groups excluding carboxylic acids is 1. The van der Waals surface area contributed by atoms with Gasteiger partial charge in [-0.05, 0) is 58.8 Å². The monoisotopic (exact) mass is 422 g/mol. The molecule has 9 heteroatoms. The molecule has 2 aromatic carbocycles. The first kappa shape index (κ1) is 19.2. The summed E-state index contributed by atoms with van der Waals surface area (Å²) in [6.45, 7) is 0. The number of carbonyl (C=O) groups is 1. The van der Waals surface area contributed by atoms with Crippen molar-refractivity contribution in [3.05, 3.63) is 69.9 Å². The maximum Gasteiger partial charge on any atom is 0.261 e. The second-order valence-electron chi connectivity index (χ2n) is 5.65. The van der Waals surface area contributed by atoms with E-state index in [1.807, 2.05) is 16.8 Å². The van der Waals surface area contributed by atoms with E-state index in [1.165, 1.54) is 35.6 Å². The molecule has 0 bridgehead atoms. The quantitative estimate of drug-likeness (QED) is 0.521. The maximum absolute atomic E-state index is 12.6. The minimum absolute atomic E-state index is 0.0178. The number of sulfonamides is 1. The third kappa shape index (κ3) is 5.00. The van der Waals surface area contributed by atoms with Crippen LogP contribution in [0.15, 0.2) is 64.2 Å². The molecule has 0 radical (unpaired) electrons. The van der Waals surface area contributed by atoms with Crippen LogP contribution in [0, 0.1) is 0 Å². The summed E-state index contributed by atoms with van der Waals surface area (Å²) < 4.78 is 27.5. The normalized spacial score (nSPS) is 11.1.